The fourth-order valence-electron chi connectivity index (χ4n) is 2.08. The number of amides is 2. The molecule has 0 aromatic heterocycles. The number of ketones is 1. The molecule has 0 bridgehead atoms. The number of primary amides is 1. The number of carbonyl (C=O) groups is 3. The summed E-state index contributed by atoms with van der Waals surface area (Å²) >= 11 is 1.43. The second-order valence-electron chi connectivity index (χ2n) is 4.70. The Morgan fingerprint density at radius 3 is 2.70 bits per heavy atom. The first-order chi connectivity index (χ1) is 9.40. The molecule has 1 aromatic carbocycles. The van der Waals surface area contributed by atoms with E-state index in [0.717, 1.165) is 10.6 Å². The summed E-state index contributed by atoms with van der Waals surface area (Å²) in [5.41, 5.74) is 6.51. The third-order valence-electron chi connectivity index (χ3n) is 3.16. The van der Waals surface area contributed by atoms with E-state index in [1.54, 1.807) is 23.1 Å². The number of hydrogen-bond donors (Lipinski definition) is 1. The lowest BCUT2D eigenvalue weighted by Crippen LogP contribution is -2.41. The highest BCUT2D eigenvalue weighted by molar-refractivity contribution is 8.01. The number of anilines is 1. The van der Waals surface area contributed by atoms with E-state index in [1.165, 1.54) is 18.7 Å². The Labute approximate surface area is 121 Å². The van der Waals surface area contributed by atoms with E-state index in [1.807, 2.05) is 6.92 Å². The SMILES string of the molecule is CC(=O)c1ccc2c(c1)SC(C)C(=O)N2CCC(N)=O. The summed E-state index contributed by atoms with van der Waals surface area (Å²) in [6, 6.07) is 5.24. The van der Waals surface area contributed by atoms with Crippen LogP contribution < -0.4 is 10.6 Å². The highest BCUT2D eigenvalue weighted by Crippen LogP contribution is 2.39. The number of nitrogens with zero attached hydrogens (tertiary/aromatic N) is 1. The van der Waals surface area contributed by atoms with Gasteiger partial charge in [0.1, 0.15) is 0 Å². The second-order valence-corrected chi connectivity index (χ2v) is 6.09. The molecule has 0 spiro atoms. The highest BCUT2D eigenvalue weighted by atomic mass is 32.2. The van der Waals surface area contributed by atoms with Crippen molar-refractivity contribution < 1.29 is 14.4 Å². The van der Waals surface area contributed by atoms with E-state index in [4.69, 9.17) is 5.73 Å². The van der Waals surface area contributed by atoms with Crippen molar-refractivity contribution in [1.82, 2.24) is 0 Å². The summed E-state index contributed by atoms with van der Waals surface area (Å²) in [6.45, 7) is 3.59. The van der Waals surface area contributed by atoms with Gasteiger partial charge in [-0.05, 0) is 32.0 Å². The minimum atomic E-state index is -0.439. The first-order valence-corrected chi connectivity index (χ1v) is 7.19. The molecule has 5 nitrogen and oxygen atoms in total. The van der Waals surface area contributed by atoms with Crippen molar-refractivity contribution in [3.8, 4) is 0 Å². The Balaban J connectivity index is 2.37. The number of benzene rings is 1. The third-order valence-corrected chi connectivity index (χ3v) is 4.29. The molecule has 6 heteroatoms. The molecule has 1 aliphatic rings. The largest absolute Gasteiger partial charge is 0.370 e. The van der Waals surface area contributed by atoms with Crippen LogP contribution in [0.2, 0.25) is 0 Å². The zero-order valence-electron chi connectivity index (χ0n) is 11.4. The van der Waals surface area contributed by atoms with Crippen LogP contribution in [-0.2, 0) is 9.59 Å². The molecule has 20 heavy (non-hydrogen) atoms. The standard InChI is InChI=1S/C14H16N2O3S/c1-8(17)10-3-4-11-12(7-10)20-9(2)14(19)16(11)6-5-13(15)18/h3-4,7,9H,5-6H2,1-2H3,(H2,15,18). The van der Waals surface area contributed by atoms with Crippen molar-refractivity contribution >= 4 is 35.0 Å². The molecule has 0 saturated heterocycles. The van der Waals surface area contributed by atoms with Gasteiger partial charge in [0.2, 0.25) is 11.8 Å². The predicted octanol–water partition coefficient (Wildman–Crippen LogP) is 1.59. The van der Waals surface area contributed by atoms with Gasteiger partial charge in [-0.1, -0.05) is 0 Å². The van der Waals surface area contributed by atoms with Crippen molar-refractivity contribution in [2.75, 3.05) is 11.4 Å². The van der Waals surface area contributed by atoms with Crippen LogP contribution in [0.15, 0.2) is 23.1 Å². The minimum Gasteiger partial charge on any atom is -0.370 e. The van der Waals surface area contributed by atoms with Crippen LogP contribution in [0.1, 0.15) is 30.6 Å². The van der Waals surface area contributed by atoms with Crippen LogP contribution in [-0.4, -0.2) is 29.4 Å². The Bertz CT molecular complexity index is 586. The fourth-order valence-corrected chi connectivity index (χ4v) is 3.19. The van der Waals surface area contributed by atoms with Gasteiger partial charge in [-0.2, -0.15) is 0 Å². The van der Waals surface area contributed by atoms with Gasteiger partial charge >= 0.3 is 0 Å². The molecule has 0 fully saturated rings. The molecule has 106 valence electrons. The third kappa shape index (κ3) is 2.85. The van der Waals surface area contributed by atoms with Gasteiger partial charge in [0.25, 0.3) is 0 Å². The molecule has 1 atom stereocenters. The smallest absolute Gasteiger partial charge is 0.240 e. The number of fused-ring (bicyclic) bond motifs is 1. The number of hydrogen-bond acceptors (Lipinski definition) is 4. The van der Waals surface area contributed by atoms with E-state index in [0.29, 0.717) is 5.56 Å². The zero-order chi connectivity index (χ0) is 14.9. The Morgan fingerprint density at radius 2 is 2.10 bits per heavy atom. The average molecular weight is 292 g/mol. The maximum Gasteiger partial charge on any atom is 0.240 e. The maximum atomic E-state index is 12.2. The number of thioether (sulfide) groups is 1. The van der Waals surface area contributed by atoms with Crippen LogP contribution in [0.5, 0.6) is 0 Å². The molecular formula is C14H16N2O3S. The van der Waals surface area contributed by atoms with Crippen molar-refractivity contribution in [3.05, 3.63) is 23.8 Å². The molecule has 0 saturated carbocycles. The normalized spacial score (nSPS) is 17.8. The van der Waals surface area contributed by atoms with Crippen LogP contribution >= 0.6 is 11.8 Å². The summed E-state index contributed by atoms with van der Waals surface area (Å²) in [6.07, 6.45) is 0.122. The molecular weight excluding hydrogens is 276 g/mol. The molecule has 2 N–H and O–H groups in total. The summed E-state index contributed by atoms with van der Waals surface area (Å²) in [5.74, 6) is -0.494. The minimum absolute atomic E-state index is 0.0124. The van der Waals surface area contributed by atoms with Gasteiger partial charge in [0.15, 0.2) is 5.78 Å². The molecule has 1 unspecified atom stereocenters. The molecule has 1 aromatic rings. The molecule has 1 aliphatic heterocycles. The van der Waals surface area contributed by atoms with Gasteiger partial charge in [-0.25, -0.2) is 0 Å². The van der Waals surface area contributed by atoms with E-state index >= 15 is 0 Å². The van der Waals surface area contributed by atoms with Crippen LogP contribution in [0.3, 0.4) is 0 Å². The summed E-state index contributed by atoms with van der Waals surface area (Å²) in [7, 11) is 0. The number of Topliss-reactive ketones (excluding diaryl/α,β-unsaturated/α-hetero) is 1. The number of carbonyl (C=O) groups excluding carboxylic acids is 3. The lowest BCUT2D eigenvalue weighted by molar-refractivity contribution is -0.118. The fraction of sp³-hybridized carbons (Fsp3) is 0.357. The number of rotatable bonds is 4. The maximum absolute atomic E-state index is 12.2. The molecule has 1 heterocycles. The monoisotopic (exact) mass is 292 g/mol. The molecule has 0 radical (unpaired) electrons. The van der Waals surface area contributed by atoms with E-state index < -0.39 is 5.91 Å². The van der Waals surface area contributed by atoms with Gasteiger partial charge in [0, 0.05) is 23.4 Å². The van der Waals surface area contributed by atoms with Gasteiger partial charge < -0.3 is 10.6 Å². The van der Waals surface area contributed by atoms with Crippen LogP contribution in [0, 0.1) is 0 Å². The van der Waals surface area contributed by atoms with Crippen molar-refractivity contribution in [1.29, 1.82) is 0 Å². The quantitative estimate of drug-likeness (QED) is 0.855. The lowest BCUT2D eigenvalue weighted by atomic mass is 10.1. The van der Waals surface area contributed by atoms with E-state index in [2.05, 4.69) is 0 Å². The second kappa shape index (κ2) is 5.66. The topological polar surface area (TPSA) is 80.5 Å². The number of nitrogens with two attached hydrogens (primary N) is 1. The van der Waals surface area contributed by atoms with Gasteiger partial charge in [0.05, 0.1) is 10.9 Å². The average Bonchev–Trinajstić information content (AvgIpc) is 2.38. The van der Waals surface area contributed by atoms with Gasteiger partial charge in [-0.3, -0.25) is 14.4 Å². The lowest BCUT2D eigenvalue weighted by Gasteiger charge is -2.32. The summed E-state index contributed by atoms with van der Waals surface area (Å²) in [5, 5.41) is -0.238. The molecule has 0 aliphatic carbocycles. The zero-order valence-corrected chi connectivity index (χ0v) is 12.2. The van der Waals surface area contributed by atoms with E-state index in [9.17, 15) is 14.4 Å². The Morgan fingerprint density at radius 1 is 1.40 bits per heavy atom. The Kier molecular flexibility index (Phi) is 4.13. The van der Waals surface area contributed by atoms with Gasteiger partial charge in [-0.15, -0.1) is 11.8 Å². The highest BCUT2D eigenvalue weighted by Gasteiger charge is 2.30. The van der Waals surface area contributed by atoms with Crippen molar-refractivity contribution in [2.45, 2.75) is 30.4 Å². The summed E-state index contributed by atoms with van der Waals surface area (Å²) in [4.78, 5) is 37.0. The molecule has 2 rings (SSSR count). The molecule has 2 amide bonds. The Hall–Kier alpha value is -1.82. The predicted molar refractivity (Wildman–Crippen MR) is 77.9 cm³/mol. The van der Waals surface area contributed by atoms with Crippen LogP contribution in [0.4, 0.5) is 5.69 Å². The van der Waals surface area contributed by atoms with Crippen LogP contribution in [0.25, 0.3) is 0 Å². The van der Waals surface area contributed by atoms with Crippen molar-refractivity contribution in [2.24, 2.45) is 5.73 Å². The van der Waals surface area contributed by atoms with Crippen molar-refractivity contribution in [3.63, 3.8) is 0 Å². The summed E-state index contributed by atoms with van der Waals surface area (Å²) < 4.78 is 0. The van der Waals surface area contributed by atoms with E-state index in [-0.39, 0.29) is 29.9 Å². The first-order valence-electron chi connectivity index (χ1n) is 6.31. The first kappa shape index (κ1) is 14.6.